The average Bonchev–Trinajstić information content (AvgIpc) is 2.62. The van der Waals surface area contributed by atoms with Crippen LogP contribution in [0.25, 0.3) is 0 Å². The summed E-state index contributed by atoms with van der Waals surface area (Å²) in [5.74, 6) is -0.848. The van der Waals surface area contributed by atoms with Gasteiger partial charge in [0, 0.05) is 11.6 Å². The van der Waals surface area contributed by atoms with Gasteiger partial charge in [0.15, 0.2) is 0 Å². The first-order chi connectivity index (χ1) is 8.58. The molecule has 0 N–H and O–H groups in total. The maximum atomic E-state index is 11.8. The molecule has 0 atom stereocenters. The number of amides is 2. The van der Waals surface area contributed by atoms with Gasteiger partial charge in [0.2, 0.25) is 0 Å². The molecule has 5 heteroatoms. The van der Waals surface area contributed by atoms with Crippen LogP contribution in [0.2, 0.25) is 0 Å². The molecule has 1 heterocycles. The zero-order valence-corrected chi connectivity index (χ0v) is 9.47. The molecular formula is C13H7N3O2. The van der Waals surface area contributed by atoms with Gasteiger partial charge in [-0.25, -0.2) is 4.90 Å². The fourth-order valence-corrected chi connectivity index (χ4v) is 1.69. The highest BCUT2D eigenvalue weighted by Gasteiger charge is 2.30. The summed E-state index contributed by atoms with van der Waals surface area (Å²) in [7, 11) is 0. The maximum Gasteiger partial charge on any atom is 0.261 e. The van der Waals surface area contributed by atoms with Crippen molar-refractivity contribution in [1.82, 2.24) is 0 Å². The van der Waals surface area contributed by atoms with Crippen molar-refractivity contribution < 1.29 is 9.59 Å². The lowest BCUT2D eigenvalue weighted by Gasteiger charge is -2.14. The number of carbonyl (C=O) groups excluding carboxylic acids is 2. The molecule has 1 aromatic rings. The van der Waals surface area contributed by atoms with Gasteiger partial charge in [-0.05, 0) is 25.1 Å². The van der Waals surface area contributed by atoms with Crippen LogP contribution in [0, 0.1) is 22.7 Å². The number of anilines is 1. The minimum Gasteiger partial charge on any atom is -0.269 e. The van der Waals surface area contributed by atoms with E-state index in [-0.39, 0.29) is 11.1 Å². The van der Waals surface area contributed by atoms with E-state index < -0.39 is 11.8 Å². The van der Waals surface area contributed by atoms with Gasteiger partial charge in [-0.15, -0.1) is 0 Å². The molecule has 2 amide bonds. The molecule has 0 saturated carbocycles. The summed E-state index contributed by atoms with van der Waals surface area (Å²) in [6.45, 7) is 1.55. The van der Waals surface area contributed by atoms with E-state index in [0.29, 0.717) is 11.3 Å². The lowest BCUT2D eigenvalue weighted by Crippen LogP contribution is -2.30. The predicted molar refractivity (Wildman–Crippen MR) is 62.1 cm³/mol. The minimum absolute atomic E-state index is 0.139. The number of carbonyl (C=O) groups is 2. The first kappa shape index (κ1) is 11.6. The second-order valence-corrected chi connectivity index (χ2v) is 3.76. The molecule has 0 bridgehead atoms. The Hall–Kier alpha value is -2.92. The van der Waals surface area contributed by atoms with Crippen LogP contribution >= 0.6 is 0 Å². The molecule has 0 saturated heterocycles. The summed E-state index contributed by atoms with van der Waals surface area (Å²) in [6.07, 6.45) is 1.24. The Morgan fingerprint density at radius 2 is 1.78 bits per heavy atom. The van der Waals surface area contributed by atoms with E-state index in [4.69, 9.17) is 10.5 Å². The minimum atomic E-state index is -0.439. The molecule has 5 nitrogen and oxygen atoms in total. The van der Waals surface area contributed by atoms with E-state index >= 15 is 0 Å². The SMILES string of the molecule is CC1=CC(=O)N(c2ccc(C#N)c(C#N)c2)C1=O. The molecule has 2 rings (SSSR count). The van der Waals surface area contributed by atoms with Crippen LogP contribution < -0.4 is 4.90 Å². The van der Waals surface area contributed by atoms with Gasteiger partial charge >= 0.3 is 0 Å². The van der Waals surface area contributed by atoms with Crippen LogP contribution in [0.5, 0.6) is 0 Å². The Kier molecular flexibility index (Phi) is 2.67. The van der Waals surface area contributed by atoms with E-state index in [1.165, 1.54) is 24.3 Å². The first-order valence-electron chi connectivity index (χ1n) is 5.09. The lowest BCUT2D eigenvalue weighted by molar-refractivity contribution is -0.120. The highest BCUT2D eigenvalue weighted by Crippen LogP contribution is 2.24. The summed E-state index contributed by atoms with van der Waals surface area (Å²) >= 11 is 0. The van der Waals surface area contributed by atoms with Crippen LogP contribution in [0.15, 0.2) is 29.8 Å². The summed E-state index contributed by atoms with van der Waals surface area (Å²) in [6, 6.07) is 7.99. The van der Waals surface area contributed by atoms with Crippen LogP contribution in [0.3, 0.4) is 0 Å². The number of nitriles is 2. The van der Waals surface area contributed by atoms with Crippen LogP contribution in [-0.4, -0.2) is 11.8 Å². The van der Waals surface area contributed by atoms with E-state index in [2.05, 4.69) is 0 Å². The van der Waals surface area contributed by atoms with Crippen molar-refractivity contribution in [2.75, 3.05) is 4.90 Å². The van der Waals surface area contributed by atoms with Gasteiger partial charge in [0.25, 0.3) is 11.8 Å². The quantitative estimate of drug-likeness (QED) is 0.688. The highest BCUT2D eigenvalue weighted by molar-refractivity contribution is 6.30. The number of nitrogens with zero attached hydrogens (tertiary/aromatic N) is 3. The smallest absolute Gasteiger partial charge is 0.261 e. The van der Waals surface area contributed by atoms with E-state index in [9.17, 15) is 9.59 Å². The first-order valence-corrected chi connectivity index (χ1v) is 5.09. The van der Waals surface area contributed by atoms with Crippen LogP contribution in [0.4, 0.5) is 5.69 Å². The monoisotopic (exact) mass is 237 g/mol. The zero-order valence-electron chi connectivity index (χ0n) is 9.47. The van der Waals surface area contributed by atoms with Gasteiger partial charge in [0.05, 0.1) is 16.8 Å². The van der Waals surface area contributed by atoms with Gasteiger partial charge in [-0.1, -0.05) is 0 Å². The zero-order chi connectivity index (χ0) is 13.3. The molecule has 0 aromatic heterocycles. The van der Waals surface area contributed by atoms with E-state index in [1.54, 1.807) is 6.92 Å². The van der Waals surface area contributed by atoms with Crippen molar-refractivity contribution in [1.29, 1.82) is 10.5 Å². The van der Waals surface area contributed by atoms with Crippen molar-refractivity contribution >= 4 is 17.5 Å². The highest BCUT2D eigenvalue weighted by atomic mass is 16.2. The molecule has 1 aliphatic rings. The van der Waals surface area contributed by atoms with Gasteiger partial charge in [-0.2, -0.15) is 10.5 Å². The standard InChI is InChI=1S/C13H7N3O2/c1-8-4-12(17)16(13(8)18)11-3-2-9(6-14)10(5-11)7-15/h2-5H,1H3. The molecule has 0 spiro atoms. The molecule has 86 valence electrons. The van der Waals surface area contributed by atoms with Crippen LogP contribution in [0.1, 0.15) is 18.1 Å². The van der Waals surface area contributed by atoms with Gasteiger partial charge < -0.3 is 0 Å². The van der Waals surface area contributed by atoms with Gasteiger partial charge in [-0.3, -0.25) is 9.59 Å². The third-order valence-electron chi connectivity index (χ3n) is 2.60. The van der Waals surface area contributed by atoms with Crippen molar-refractivity contribution in [3.63, 3.8) is 0 Å². The number of hydrogen-bond acceptors (Lipinski definition) is 4. The van der Waals surface area contributed by atoms with E-state index in [0.717, 1.165) is 4.90 Å². The second-order valence-electron chi connectivity index (χ2n) is 3.76. The predicted octanol–water partition coefficient (Wildman–Crippen LogP) is 1.25. The van der Waals surface area contributed by atoms with Crippen molar-refractivity contribution in [2.24, 2.45) is 0 Å². The Morgan fingerprint density at radius 1 is 1.11 bits per heavy atom. The molecule has 0 fully saturated rings. The number of hydrogen-bond donors (Lipinski definition) is 0. The van der Waals surface area contributed by atoms with Crippen molar-refractivity contribution in [3.8, 4) is 12.1 Å². The molecule has 0 aliphatic carbocycles. The maximum absolute atomic E-state index is 11.8. The Bertz CT molecular complexity index is 674. The van der Waals surface area contributed by atoms with Crippen LogP contribution in [-0.2, 0) is 9.59 Å². The normalized spacial score (nSPS) is 14.2. The third kappa shape index (κ3) is 1.64. The Morgan fingerprint density at radius 3 is 2.28 bits per heavy atom. The number of imide groups is 1. The second kappa shape index (κ2) is 4.15. The number of benzene rings is 1. The molecule has 0 radical (unpaired) electrons. The topological polar surface area (TPSA) is 85.0 Å². The van der Waals surface area contributed by atoms with Crippen molar-refractivity contribution in [3.05, 3.63) is 41.0 Å². The molecule has 1 aromatic carbocycles. The molecule has 1 aliphatic heterocycles. The number of rotatable bonds is 1. The third-order valence-corrected chi connectivity index (χ3v) is 2.60. The van der Waals surface area contributed by atoms with E-state index in [1.807, 2.05) is 12.1 Å². The van der Waals surface area contributed by atoms with Crippen molar-refractivity contribution in [2.45, 2.75) is 6.92 Å². The largest absolute Gasteiger partial charge is 0.269 e. The summed E-state index contributed by atoms with van der Waals surface area (Å²) in [4.78, 5) is 24.4. The average molecular weight is 237 g/mol. The fourth-order valence-electron chi connectivity index (χ4n) is 1.69. The summed E-state index contributed by atoms with van der Waals surface area (Å²) in [5.41, 5.74) is 1.00. The summed E-state index contributed by atoms with van der Waals surface area (Å²) < 4.78 is 0. The molecule has 18 heavy (non-hydrogen) atoms. The lowest BCUT2D eigenvalue weighted by atomic mass is 10.1. The van der Waals surface area contributed by atoms with Gasteiger partial charge in [0.1, 0.15) is 12.1 Å². The Balaban J connectivity index is 2.50. The molecule has 0 unspecified atom stereocenters. The molecular weight excluding hydrogens is 230 g/mol. The summed E-state index contributed by atoms with van der Waals surface area (Å²) in [5, 5.41) is 17.7. The fraction of sp³-hybridized carbons (Fsp3) is 0.0769. The Labute approximate surface area is 103 Å².